The molecule has 1 amide bonds. The second kappa shape index (κ2) is 4.66. The van der Waals surface area contributed by atoms with E-state index in [0.29, 0.717) is 17.3 Å². The minimum Gasteiger partial charge on any atom is -0.358 e. The molecule has 0 aromatic carbocycles. The maximum Gasteiger partial charge on any atom is 0.239 e. The number of carbonyl (C=O) groups excluding carboxylic acids is 1. The highest BCUT2D eigenvalue weighted by atomic mass is 16.1. The molecule has 0 radical (unpaired) electrons. The normalized spacial score (nSPS) is 10.2. The van der Waals surface area contributed by atoms with Crippen molar-refractivity contribution in [3.05, 3.63) is 18.6 Å². The minimum atomic E-state index is -0.136. The molecule has 0 aliphatic carbocycles. The smallest absolute Gasteiger partial charge is 0.239 e. The van der Waals surface area contributed by atoms with Gasteiger partial charge in [-0.1, -0.05) is 0 Å². The van der Waals surface area contributed by atoms with Crippen molar-refractivity contribution in [3.8, 4) is 0 Å². The van der Waals surface area contributed by atoms with E-state index < -0.39 is 0 Å². The molecule has 0 aliphatic heterocycles. The molecule has 0 saturated heterocycles. The van der Waals surface area contributed by atoms with Crippen molar-refractivity contribution in [2.45, 2.75) is 0 Å². The van der Waals surface area contributed by atoms with Crippen molar-refractivity contribution in [1.29, 1.82) is 0 Å². The number of nitrogens with two attached hydrogens (primary N) is 1. The predicted molar refractivity (Wildman–Crippen MR) is 63.4 cm³/mol. The Bertz CT molecular complexity index is 535. The maximum atomic E-state index is 11.1. The lowest BCUT2D eigenvalue weighted by Gasteiger charge is -2.08. The van der Waals surface area contributed by atoms with Gasteiger partial charge in [0.25, 0.3) is 0 Å². The van der Waals surface area contributed by atoms with Gasteiger partial charge in [0.15, 0.2) is 17.3 Å². The van der Waals surface area contributed by atoms with Crippen molar-refractivity contribution >= 4 is 23.2 Å². The number of hydrogen-bond acceptors (Lipinski definition) is 6. The van der Waals surface area contributed by atoms with Gasteiger partial charge in [-0.3, -0.25) is 4.79 Å². The van der Waals surface area contributed by atoms with Gasteiger partial charge in [-0.15, -0.1) is 0 Å². The van der Waals surface area contributed by atoms with Crippen LogP contribution in [0.25, 0.3) is 5.65 Å². The van der Waals surface area contributed by atoms with Crippen LogP contribution >= 0.6 is 0 Å². The lowest BCUT2D eigenvalue weighted by Crippen LogP contribution is -2.26. The molecule has 0 atom stereocenters. The van der Waals surface area contributed by atoms with Crippen LogP contribution in [-0.4, -0.2) is 33.9 Å². The first-order valence-electron chi connectivity index (χ1n) is 4.99. The number of amides is 1. The molecule has 0 fully saturated rings. The number of aromatic nitrogens is 3. The lowest BCUT2D eigenvalue weighted by atomic mass is 10.5. The summed E-state index contributed by atoms with van der Waals surface area (Å²) in [6.45, 7) is 0.125. The summed E-state index contributed by atoms with van der Waals surface area (Å²) in [5.41, 5.74) is 3.08. The molecule has 8 nitrogen and oxygen atoms in total. The van der Waals surface area contributed by atoms with E-state index in [4.69, 9.17) is 5.84 Å². The Balaban J connectivity index is 2.30. The molecule has 0 bridgehead atoms. The molecular weight excluding hydrogens is 222 g/mol. The molecule has 2 heterocycles. The van der Waals surface area contributed by atoms with Crippen LogP contribution in [0.1, 0.15) is 0 Å². The van der Waals surface area contributed by atoms with Crippen LogP contribution in [0.15, 0.2) is 18.6 Å². The molecule has 2 rings (SSSR count). The average Bonchev–Trinajstić information content (AvgIpc) is 2.83. The number of anilines is 2. The van der Waals surface area contributed by atoms with Crippen molar-refractivity contribution < 1.29 is 4.79 Å². The van der Waals surface area contributed by atoms with E-state index in [-0.39, 0.29) is 12.5 Å². The molecule has 0 saturated carbocycles. The average molecular weight is 235 g/mol. The number of hydrogen-bond donors (Lipinski definition) is 4. The Kier molecular flexibility index (Phi) is 3.06. The number of nitrogens with one attached hydrogen (secondary N) is 3. The summed E-state index contributed by atoms with van der Waals surface area (Å²) in [6, 6.07) is 0. The molecule has 90 valence electrons. The van der Waals surface area contributed by atoms with E-state index >= 15 is 0 Å². The van der Waals surface area contributed by atoms with Crippen LogP contribution < -0.4 is 21.9 Å². The zero-order valence-corrected chi connectivity index (χ0v) is 9.27. The Hall–Kier alpha value is -2.35. The largest absolute Gasteiger partial charge is 0.358 e. The fourth-order valence-electron chi connectivity index (χ4n) is 1.37. The molecular formula is C9H13N7O. The number of imidazole rings is 1. The van der Waals surface area contributed by atoms with E-state index in [2.05, 4.69) is 26.0 Å². The third-order valence-corrected chi connectivity index (χ3v) is 2.22. The Morgan fingerprint density at radius 1 is 1.59 bits per heavy atom. The van der Waals surface area contributed by atoms with Gasteiger partial charge in [0.05, 0.1) is 12.7 Å². The zero-order chi connectivity index (χ0) is 12.3. The fourth-order valence-corrected chi connectivity index (χ4v) is 1.37. The van der Waals surface area contributed by atoms with E-state index in [1.807, 2.05) is 0 Å². The first-order valence-corrected chi connectivity index (χ1v) is 4.99. The van der Waals surface area contributed by atoms with Gasteiger partial charge >= 0.3 is 0 Å². The highest BCUT2D eigenvalue weighted by Crippen LogP contribution is 2.15. The van der Waals surface area contributed by atoms with Gasteiger partial charge in [-0.05, 0) is 0 Å². The Morgan fingerprint density at radius 3 is 3.12 bits per heavy atom. The monoisotopic (exact) mass is 235 g/mol. The minimum absolute atomic E-state index is 0.125. The maximum absolute atomic E-state index is 11.1. The second-order valence-corrected chi connectivity index (χ2v) is 3.30. The summed E-state index contributed by atoms with van der Waals surface area (Å²) in [7, 11) is 1.57. The summed E-state index contributed by atoms with van der Waals surface area (Å²) >= 11 is 0. The number of nitrogen functional groups attached to an aromatic ring is 1. The summed E-state index contributed by atoms with van der Waals surface area (Å²) in [5.74, 6) is 6.15. The Morgan fingerprint density at radius 2 is 2.41 bits per heavy atom. The van der Waals surface area contributed by atoms with Crippen LogP contribution in [0.4, 0.5) is 11.6 Å². The number of likely N-dealkylation sites (N-methyl/N-ethyl adjacent to an activating group) is 1. The number of hydrazine groups is 1. The molecule has 17 heavy (non-hydrogen) atoms. The van der Waals surface area contributed by atoms with Crippen LogP contribution in [0.3, 0.4) is 0 Å². The third kappa shape index (κ3) is 2.26. The van der Waals surface area contributed by atoms with E-state index in [1.165, 1.54) is 0 Å². The van der Waals surface area contributed by atoms with Crippen LogP contribution in [0.2, 0.25) is 0 Å². The van der Waals surface area contributed by atoms with Crippen molar-refractivity contribution in [3.63, 3.8) is 0 Å². The van der Waals surface area contributed by atoms with Crippen molar-refractivity contribution in [2.75, 3.05) is 24.3 Å². The van der Waals surface area contributed by atoms with E-state index in [0.717, 1.165) is 0 Å². The van der Waals surface area contributed by atoms with Crippen LogP contribution in [-0.2, 0) is 4.79 Å². The van der Waals surface area contributed by atoms with Crippen LogP contribution in [0.5, 0.6) is 0 Å². The predicted octanol–water partition coefficient (Wildman–Crippen LogP) is -0.827. The first-order chi connectivity index (χ1) is 8.24. The fraction of sp³-hybridized carbons (Fsp3) is 0.222. The SMILES string of the molecule is CNC(=O)CNc1nc(NN)cn2ccnc12. The summed E-state index contributed by atoms with van der Waals surface area (Å²) < 4.78 is 1.76. The number of carbonyl (C=O) groups is 1. The molecule has 0 unspecified atom stereocenters. The molecule has 0 aliphatic rings. The third-order valence-electron chi connectivity index (χ3n) is 2.22. The van der Waals surface area contributed by atoms with Gasteiger partial charge in [-0.2, -0.15) is 0 Å². The number of fused-ring (bicyclic) bond motifs is 1. The van der Waals surface area contributed by atoms with E-state index in [1.54, 1.807) is 30.0 Å². The Labute approximate surface area is 97.2 Å². The molecule has 2 aromatic rings. The summed E-state index contributed by atoms with van der Waals surface area (Å²) in [5, 5.41) is 5.41. The second-order valence-electron chi connectivity index (χ2n) is 3.30. The first kappa shape index (κ1) is 11.1. The zero-order valence-electron chi connectivity index (χ0n) is 9.27. The summed E-state index contributed by atoms with van der Waals surface area (Å²) in [4.78, 5) is 19.5. The standard InChI is InChI=1S/C9H13N7O/c1-11-7(17)4-13-8-9-12-2-3-16(9)5-6(14-8)15-10/h2-3,5,15H,4,10H2,1H3,(H,11,17)(H,13,14). The van der Waals surface area contributed by atoms with E-state index in [9.17, 15) is 4.79 Å². The van der Waals surface area contributed by atoms with Gasteiger partial charge in [0.2, 0.25) is 5.91 Å². The molecule has 8 heteroatoms. The van der Waals surface area contributed by atoms with Crippen LogP contribution in [0, 0.1) is 0 Å². The molecule has 5 N–H and O–H groups in total. The number of nitrogens with zero attached hydrogens (tertiary/aromatic N) is 3. The van der Waals surface area contributed by atoms with Crippen molar-refractivity contribution in [2.24, 2.45) is 5.84 Å². The number of rotatable bonds is 4. The topological polar surface area (TPSA) is 109 Å². The highest BCUT2D eigenvalue weighted by Gasteiger charge is 2.07. The molecule has 0 spiro atoms. The highest BCUT2D eigenvalue weighted by molar-refractivity contribution is 5.81. The van der Waals surface area contributed by atoms with Gasteiger partial charge < -0.3 is 20.5 Å². The van der Waals surface area contributed by atoms with Crippen molar-refractivity contribution in [1.82, 2.24) is 19.7 Å². The quantitative estimate of drug-likeness (QED) is 0.407. The van der Waals surface area contributed by atoms with Gasteiger partial charge in [0, 0.05) is 19.4 Å². The lowest BCUT2D eigenvalue weighted by molar-refractivity contribution is -0.118. The van der Waals surface area contributed by atoms with Gasteiger partial charge in [0.1, 0.15) is 0 Å². The molecule has 2 aromatic heterocycles. The summed E-state index contributed by atoms with van der Waals surface area (Å²) in [6.07, 6.45) is 5.11. The van der Waals surface area contributed by atoms with Gasteiger partial charge in [-0.25, -0.2) is 15.8 Å².